The van der Waals surface area contributed by atoms with E-state index in [0.717, 1.165) is 10.8 Å². The molecule has 2 aromatic carbocycles. The Morgan fingerprint density at radius 2 is 2.07 bits per heavy atom. The summed E-state index contributed by atoms with van der Waals surface area (Å²) >= 11 is 0. The average Bonchev–Trinajstić information content (AvgIpc) is 2.27. The number of benzene rings is 2. The molecule has 2 heteroatoms. The molecule has 0 bridgehead atoms. The van der Waals surface area contributed by atoms with Crippen molar-refractivity contribution in [3.63, 3.8) is 0 Å². The monoisotopic (exact) mass is 195 g/mol. The van der Waals surface area contributed by atoms with Gasteiger partial charge in [0.15, 0.2) is 5.78 Å². The van der Waals surface area contributed by atoms with Gasteiger partial charge in [-0.2, -0.15) is 5.26 Å². The highest BCUT2D eigenvalue weighted by atomic mass is 16.1. The van der Waals surface area contributed by atoms with Crippen LogP contribution in [0.2, 0.25) is 0 Å². The van der Waals surface area contributed by atoms with E-state index < -0.39 is 0 Å². The lowest BCUT2D eigenvalue weighted by Gasteiger charge is -2.01. The van der Waals surface area contributed by atoms with Gasteiger partial charge in [0, 0.05) is 5.56 Å². The molecule has 2 aromatic rings. The number of nitriles is 1. The quantitative estimate of drug-likeness (QED) is 0.656. The summed E-state index contributed by atoms with van der Waals surface area (Å²) in [6.45, 7) is 1.54. The van der Waals surface area contributed by atoms with Gasteiger partial charge in [0.05, 0.1) is 11.6 Å². The SMILES string of the molecule is CC(=O)c1ccc2c(C#N)cccc2c1. The van der Waals surface area contributed by atoms with Crippen LogP contribution >= 0.6 is 0 Å². The van der Waals surface area contributed by atoms with Gasteiger partial charge in [-0.15, -0.1) is 0 Å². The van der Waals surface area contributed by atoms with Gasteiger partial charge in [-0.25, -0.2) is 0 Å². The number of fused-ring (bicyclic) bond motifs is 1. The Morgan fingerprint density at radius 1 is 1.27 bits per heavy atom. The van der Waals surface area contributed by atoms with Crippen LogP contribution in [0.5, 0.6) is 0 Å². The maximum absolute atomic E-state index is 11.2. The average molecular weight is 195 g/mol. The maximum Gasteiger partial charge on any atom is 0.159 e. The van der Waals surface area contributed by atoms with Crippen LogP contribution in [-0.2, 0) is 0 Å². The smallest absolute Gasteiger partial charge is 0.159 e. The minimum atomic E-state index is 0.0410. The number of hydrogen-bond donors (Lipinski definition) is 0. The van der Waals surface area contributed by atoms with E-state index in [-0.39, 0.29) is 5.78 Å². The van der Waals surface area contributed by atoms with Crippen molar-refractivity contribution in [2.24, 2.45) is 0 Å². The number of rotatable bonds is 1. The lowest BCUT2D eigenvalue weighted by molar-refractivity contribution is 0.101. The molecule has 15 heavy (non-hydrogen) atoms. The molecular formula is C13H9NO. The first-order chi connectivity index (χ1) is 7.22. The molecule has 0 spiro atoms. The Kier molecular flexibility index (Phi) is 2.23. The van der Waals surface area contributed by atoms with Crippen molar-refractivity contribution in [1.29, 1.82) is 5.26 Å². The van der Waals surface area contributed by atoms with Crippen LogP contribution in [0.3, 0.4) is 0 Å². The summed E-state index contributed by atoms with van der Waals surface area (Å²) in [5.74, 6) is 0.0410. The van der Waals surface area contributed by atoms with Gasteiger partial charge in [0.25, 0.3) is 0 Å². The Bertz CT molecular complexity index is 579. The highest BCUT2D eigenvalue weighted by Crippen LogP contribution is 2.19. The highest BCUT2D eigenvalue weighted by molar-refractivity contribution is 5.99. The molecule has 0 radical (unpaired) electrons. The summed E-state index contributed by atoms with van der Waals surface area (Å²) in [5.41, 5.74) is 1.32. The van der Waals surface area contributed by atoms with Crippen molar-refractivity contribution in [1.82, 2.24) is 0 Å². The van der Waals surface area contributed by atoms with Crippen LogP contribution < -0.4 is 0 Å². The van der Waals surface area contributed by atoms with Gasteiger partial charge in [0.2, 0.25) is 0 Å². The van der Waals surface area contributed by atoms with E-state index in [1.807, 2.05) is 24.3 Å². The fourth-order valence-corrected chi connectivity index (χ4v) is 1.60. The molecule has 0 saturated heterocycles. The fourth-order valence-electron chi connectivity index (χ4n) is 1.60. The third-order valence-electron chi connectivity index (χ3n) is 2.41. The number of Topliss-reactive ketones (excluding diaryl/α,β-unsaturated/α-hetero) is 1. The molecule has 0 unspecified atom stereocenters. The van der Waals surface area contributed by atoms with Crippen molar-refractivity contribution in [3.8, 4) is 6.07 Å². The van der Waals surface area contributed by atoms with Crippen LogP contribution in [0.15, 0.2) is 36.4 Å². The maximum atomic E-state index is 11.2. The van der Waals surface area contributed by atoms with Gasteiger partial charge in [-0.3, -0.25) is 4.79 Å². The third kappa shape index (κ3) is 1.60. The molecule has 0 aliphatic heterocycles. The standard InChI is InChI=1S/C13H9NO/c1-9(15)10-5-6-13-11(7-10)3-2-4-12(13)8-14/h2-7H,1H3. The summed E-state index contributed by atoms with van der Waals surface area (Å²) in [6.07, 6.45) is 0. The minimum Gasteiger partial charge on any atom is -0.295 e. The van der Waals surface area contributed by atoms with Crippen LogP contribution in [0.1, 0.15) is 22.8 Å². The van der Waals surface area contributed by atoms with Gasteiger partial charge in [-0.1, -0.05) is 24.3 Å². The van der Waals surface area contributed by atoms with Crippen LogP contribution in [0.4, 0.5) is 0 Å². The van der Waals surface area contributed by atoms with E-state index in [0.29, 0.717) is 11.1 Å². The summed E-state index contributed by atoms with van der Waals surface area (Å²) in [4.78, 5) is 11.2. The second kappa shape index (κ2) is 3.55. The van der Waals surface area contributed by atoms with Crippen LogP contribution in [0.25, 0.3) is 10.8 Å². The molecule has 0 aliphatic rings. The molecule has 0 amide bonds. The van der Waals surface area contributed by atoms with E-state index in [1.165, 1.54) is 6.92 Å². The zero-order valence-electron chi connectivity index (χ0n) is 8.32. The molecule has 2 nitrogen and oxygen atoms in total. The molecule has 0 fully saturated rings. The van der Waals surface area contributed by atoms with Crippen molar-refractivity contribution in [2.75, 3.05) is 0 Å². The molecule has 0 saturated carbocycles. The van der Waals surface area contributed by atoms with E-state index in [4.69, 9.17) is 5.26 Å². The fraction of sp³-hybridized carbons (Fsp3) is 0.0769. The lowest BCUT2D eigenvalue weighted by Crippen LogP contribution is -1.91. The van der Waals surface area contributed by atoms with Crippen molar-refractivity contribution in [3.05, 3.63) is 47.5 Å². The number of hydrogen-bond acceptors (Lipinski definition) is 2. The third-order valence-corrected chi connectivity index (χ3v) is 2.41. The largest absolute Gasteiger partial charge is 0.295 e. The second-order valence-corrected chi connectivity index (χ2v) is 3.41. The van der Waals surface area contributed by atoms with Gasteiger partial charge in [0.1, 0.15) is 0 Å². The topological polar surface area (TPSA) is 40.9 Å². The first kappa shape index (κ1) is 9.42. The summed E-state index contributed by atoms with van der Waals surface area (Å²) in [6, 6.07) is 13.0. The lowest BCUT2D eigenvalue weighted by atomic mass is 10.0. The van der Waals surface area contributed by atoms with Gasteiger partial charge >= 0.3 is 0 Å². The predicted octanol–water partition coefficient (Wildman–Crippen LogP) is 2.91. The number of carbonyl (C=O) groups excluding carboxylic acids is 1. The number of carbonyl (C=O) groups is 1. The van der Waals surface area contributed by atoms with Crippen molar-refractivity contribution < 1.29 is 4.79 Å². The van der Waals surface area contributed by atoms with Crippen LogP contribution in [-0.4, -0.2) is 5.78 Å². The zero-order valence-corrected chi connectivity index (χ0v) is 8.32. The normalized spacial score (nSPS) is 9.87. The Hall–Kier alpha value is -2.14. The first-order valence-corrected chi connectivity index (χ1v) is 4.66. The Morgan fingerprint density at radius 3 is 2.73 bits per heavy atom. The zero-order chi connectivity index (χ0) is 10.8. The van der Waals surface area contributed by atoms with Gasteiger partial charge in [-0.05, 0) is 29.8 Å². The first-order valence-electron chi connectivity index (χ1n) is 4.66. The Labute approximate surface area is 87.8 Å². The molecule has 0 aromatic heterocycles. The molecule has 0 N–H and O–H groups in total. The minimum absolute atomic E-state index is 0.0410. The van der Waals surface area contributed by atoms with Crippen molar-refractivity contribution >= 4 is 16.6 Å². The number of ketones is 1. The van der Waals surface area contributed by atoms with E-state index >= 15 is 0 Å². The van der Waals surface area contributed by atoms with Crippen molar-refractivity contribution in [2.45, 2.75) is 6.92 Å². The molecule has 0 aliphatic carbocycles. The van der Waals surface area contributed by atoms with E-state index in [1.54, 1.807) is 12.1 Å². The predicted molar refractivity (Wildman–Crippen MR) is 58.7 cm³/mol. The molecular weight excluding hydrogens is 186 g/mol. The van der Waals surface area contributed by atoms with Crippen LogP contribution in [0, 0.1) is 11.3 Å². The molecule has 72 valence electrons. The van der Waals surface area contributed by atoms with Gasteiger partial charge < -0.3 is 0 Å². The highest BCUT2D eigenvalue weighted by Gasteiger charge is 2.03. The second-order valence-electron chi connectivity index (χ2n) is 3.41. The van der Waals surface area contributed by atoms with E-state index in [2.05, 4.69) is 6.07 Å². The molecule has 2 rings (SSSR count). The van der Waals surface area contributed by atoms with E-state index in [9.17, 15) is 4.79 Å². The summed E-state index contributed by atoms with van der Waals surface area (Å²) in [7, 11) is 0. The Balaban J connectivity index is 2.76. The summed E-state index contributed by atoms with van der Waals surface area (Å²) in [5, 5.41) is 10.7. The number of nitrogens with zero attached hydrogens (tertiary/aromatic N) is 1. The molecule has 0 atom stereocenters. The summed E-state index contributed by atoms with van der Waals surface area (Å²) < 4.78 is 0. The molecule has 0 heterocycles.